The minimum absolute atomic E-state index is 0. The Kier molecular flexibility index (Phi) is 5.82. The Labute approximate surface area is 93.3 Å². The highest BCUT2D eigenvalue weighted by Gasteiger charge is 2.16. The van der Waals surface area contributed by atoms with Crippen LogP contribution in [0.4, 0.5) is 0 Å². The van der Waals surface area contributed by atoms with E-state index in [0.717, 1.165) is 13.0 Å². The molecule has 0 atom stereocenters. The number of hydrogen-bond acceptors (Lipinski definition) is 1. The van der Waals surface area contributed by atoms with Crippen molar-refractivity contribution in [3.05, 3.63) is 35.9 Å². The Morgan fingerprint density at radius 1 is 1.14 bits per heavy atom. The molecule has 2 heteroatoms. The Balaban J connectivity index is 0.00000169. The summed E-state index contributed by atoms with van der Waals surface area (Å²) in [6.45, 7) is 5.63. The summed E-state index contributed by atoms with van der Waals surface area (Å²) in [7, 11) is 2.01. The van der Waals surface area contributed by atoms with Crippen molar-refractivity contribution in [2.45, 2.75) is 20.3 Å². The maximum absolute atomic E-state index is 3.23. The number of rotatable bonds is 4. The van der Waals surface area contributed by atoms with Crippen LogP contribution in [0.5, 0.6) is 0 Å². The third-order valence-electron chi connectivity index (χ3n) is 2.18. The average molecular weight is 214 g/mol. The van der Waals surface area contributed by atoms with Gasteiger partial charge in [-0.25, -0.2) is 0 Å². The van der Waals surface area contributed by atoms with Crippen LogP contribution >= 0.6 is 12.4 Å². The highest BCUT2D eigenvalue weighted by molar-refractivity contribution is 5.85. The number of benzene rings is 1. The van der Waals surface area contributed by atoms with Gasteiger partial charge >= 0.3 is 0 Å². The van der Waals surface area contributed by atoms with Gasteiger partial charge in [-0.2, -0.15) is 0 Å². The van der Waals surface area contributed by atoms with Crippen LogP contribution < -0.4 is 5.32 Å². The summed E-state index contributed by atoms with van der Waals surface area (Å²) in [6, 6.07) is 10.7. The molecular formula is C12H20ClN. The molecule has 80 valence electrons. The summed E-state index contributed by atoms with van der Waals surface area (Å²) in [5.74, 6) is 0. The van der Waals surface area contributed by atoms with Crippen LogP contribution in [0.3, 0.4) is 0 Å². The van der Waals surface area contributed by atoms with E-state index in [4.69, 9.17) is 0 Å². The van der Waals surface area contributed by atoms with Crippen molar-refractivity contribution < 1.29 is 0 Å². The lowest BCUT2D eigenvalue weighted by Gasteiger charge is -2.24. The predicted molar refractivity (Wildman–Crippen MR) is 65.1 cm³/mol. The van der Waals surface area contributed by atoms with Crippen LogP contribution in [0.25, 0.3) is 0 Å². The molecule has 0 aliphatic carbocycles. The van der Waals surface area contributed by atoms with Crippen LogP contribution in [0, 0.1) is 5.41 Å². The zero-order valence-corrected chi connectivity index (χ0v) is 10.0. The molecule has 1 rings (SSSR count). The van der Waals surface area contributed by atoms with E-state index in [0.29, 0.717) is 5.41 Å². The molecule has 1 aromatic rings. The first kappa shape index (κ1) is 13.5. The Hall–Kier alpha value is -0.530. The minimum atomic E-state index is 0. The Morgan fingerprint density at radius 2 is 1.71 bits per heavy atom. The smallest absolute Gasteiger partial charge is 0.000270 e. The summed E-state index contributed by atoms with van der Waals surface area (Å²) in [5, 5.41) is 3.23. The normalized spacial score (nSPS) is 10.8. The van der Waals surface area contributed by atoms with Crippen LogP contribution in [-0.4, -0.2) is 13.6 Å². The van der Waals surface area contributed by atoms with Gasteiger partial charge in [0.1, 0.15) is 0 Å². The zero-order valence-electron chi connectivity index (χ0n) is 9.21. The van der Waals surface area contributed by atoms with Gasteiger partial charge in [-0.3, -0.25) is 0 Å². The SMILES string of the molecule is CNCC(C)(C)Cc1ccccc1.Cl. The average Bonchev–Trinajstić information content (AvgIpc) is 2.04. The van der Waals surface area contributed by atoms with E-state index in [1.807, 2.05) is 7.05 Å². The van der Waals surface area contributed by atoms with E-state index < -0.39 is 0 Å². The second-order valence-corrected chi connectivity index (χ2v) is 4.36. The van der Waals surface area contributed by atoms with E-state index >= 15 is 0 Å². The van der Waals surface area contributed by atoms with E-state index in [1.54, 1.807) is 0 Å². The fourth-order valence-electron chi connectivity index (χ4n) is 1.69. The predicted octanol–water partition coefficient (Wildman–Crippen LogP) is 2.90. The minimum Gasteiger partial charge on any atom is -0.319 e. The van der Waals surface area contributed by atoms with Crippen molar-refractivity contribution in [3.8, 4) is 0 Å². The lowest BCUT2D eigenvalue weighted by Crippen LogP contribution is -2.28. The molecule has 1 N–H and O–H groups in total. The lowest BCUT2D eigenvalue weighted by atomic mass is 9.86. The maximum atomic E-state index is 3.23. The molecule has 0 heterocycles. The molecule has 0 saturated heterocycles. The summed E-state index contributed by atoms with van der Waals surface area (Å²) in [4.78, 5) is 0. The third kappa shape index (κ3) is 4.64. The van der Waals surface area contributed by atoms with Gasteiger partial charge in [-0.15, -0.1) is 12.4 Å². The van der Waals surface area contributed by atoms with Gasteiger partial charge in [0.2, 0.25) is 0 Å². The van der Waals surface area contributed by atoms with Gasteiger partial charge in [0.05, 0.1) is 0 Å². The topological polar surface area (TPSA) is 12.0 Å². The van der Waals surface area contributed by atoms with E-state index in [1.165, 1.54) is 5.56 Å². The van der Waals surface area contributed by atoms with E-state index in [9.17, 15) is 0 Å². The van der Waals surface area contributed by atoms with E-state index in [-0.39, 0.29) is 12.4 Å². The molecule has 14 heavy (non-hydrogen) atoms. The monoisotopic (exact) mass is 213 g/mol. The fraction of sp³-hybridized carbons (Fsp3) is 0.500. The molecule has 0 amide bonds. The summed E-state index contributed by atoms with van der Waals surface area (Å²) in [6.07, 6.45) is 1.13. The molecule has 0 aliphatic rings. The first-order valence-corrected chi connectivity index (χ1v) is 4.82. The molecule has 1 aromatic carbocycles. The second kappa shape index (κ2) is 6.05. The van der Waals surface area contributed by atoms with Crippen molar-refractivity contribution in [1.29, 1.82) is 0 Å². The standard InChI is InChI=1S/C12H19N.ClH/c1-12(2,10-13-3)9-11-7-5-4-6-8-11;/h4-8,13H,9-10H2,1-3H3;1H. The third-order valence-corrected chi connectivity index (χ3v) is 2.18. The second-order valence-electron chi connectivity index (χ2n) is 4.36. The first-order chi connectivity index (χ1) is 6.14. The van der Waals surface area contributed by atoms with Gasteiger partial charge in [0, 0.05) is 6.54 Å². The lowest BCUT2D eigenvalue weighted by molar-refractivity contribution is 0.350. The van der Waals surface area contributed by atoms with Crippen molar-refractivity contribution in [3.63, 3.8) is 0 Å². The molecule has 0 aromatic heterocycles. The molecule has 1 nitrogen and oxygen atoms in total. The molecule has 0 radical (unpaired) electrons. The van der Waals surface area contributed by atoms with Crippen molar-refractivity contribution in [2.24, 2.45) is 5.41 Å². The molecule has 0 fully saturated rings. The molecular weight excluding hydrogens is 194 g/mol. The highest BCUT2D eigenvalue weighted by Crippen LogP contribution is 2.20. The molecule has 0 saturated carbocycles. The Bertz CT molecular complexity index is 244. The van der Waals surface area contributed by atoms with Crippen LogP contribution in [0.15, 0.2) is 30.3 Å². The molecule has 0 unspecified atom stereocenters. The van der Waals surface area contributed by atoms with Crippen molar-refractivity contribution in [2.75, 3.05) is 13.6 Å². The Morgan fingerprint density at radius 3 is 2.21 bits per heavy atom. The molecule has 0 aliphatic heterocycles. The van der Waals surface area contributed by atoms with Crippen LogP contribution in [0.1, 0.15) is 19.4 Å². The van der Waals surface area contributed by atoms with Crippen molar-refractivity contribution in [1.82, 2.24) is 5.32 Å². The van der Waals surface area contributed by atoms with E-state index in [2.05, 4.69) is 49.5 Å². The van der Waals surface area contributed by atoms with Gasteiger partial charge in [0.15, 0.2) is 0 Å². The number of hydrogen-bond donors (Lipinski definition) is 1. The summed E-state index contributed by atoms with van der Waals surface area (Å²) >= 11 is 0. The number of nitrogens with one attached hydrogen (secondary N) is 1. The summed E-state index contributed by atoms with van der Waals surface area (Å²) < 4.78 is 0. The summed E-state index contributed by atoms with van der Waals surface area (Å²) in [5.41, 5.74) is 1.76. The highest BCUT2D eigenvalue weighted by atomic mass is 35.5. The fourth-order valence-corrected chi connectivity index (χ4v) is 1.69. The van der Waals surface area contributed by atoms with Gasteiger partial charge in [0.25, 0.3) is 0 Å². The van der Waals surface area contributed by atoms with Crippen LogP contribution in [-0.2, 0) is 6.42 Å². The van der Waals surface area contributed by atoms with Gasteiger partial charge < -0.3 is 5.32 Å². The number of halogens is 1. The van der Waals surface area contributed by atoms with Gasteiger partial charge in [-0.05, 0) is 24.4 Å². The maximum Gasteiger partial charge on any atom is 0.000270 e. The zero-order chi connectivity index (χ0) is 9.73. The quantitative estimate of drug-likeness (QED) is 0.811. The molecule has 0 spiro atoms. The first-order valence-electron chi connectivity index (χ1n) is 4.82. The van der Waals surface area contributed by atoms with Crippen LogP contribution in [0.2, 0.25) is 0 Å². The van der Waals surface area contributed by atoms with Gasteiger partial charge in [-0.1, -0.05) is 44.2 Å². The molecule has 0 bridgehead atoms. The van der Waals surface area contributed by atoms with Crippen molar-refractivity contribution >= 4 is 12.4 Å². The largest absolute Gasteiger partial charge is 0.319 e.